The minimum absolute atomic E-state index is 0.112. The van der Waals surface area contributed by atoms with Crippen molar-refractivity contribution in [3.8, 4) is 5.69 Å². The highest BCUT2D eigenvalue weighted by atomic mass is 16.6. The maximum Gasteiger partial charge on any atom is 0.416 e. The van der Waals surface area contributed by atoms with Crippen molar-refractivity contribution in [1.29, 1.82) is 0 Å². The molecular formula is C26H31N5O5. The molecule has 1 N–H and O–H groups in total. The predicted molar refractivity (Wildman–Crippen MR) is 135 cm³/mol. The Morgan fingerprint density at radius 2 is 1.89 bits per heavy atom. The number of aryl methyl sites for hydroxylation is 1. The van der Waals surface area contributed by atoms with Crippen LogP contribution in [0.1, 0.15) is 39.2 Å². The Morgan fingerprint density at radius 1 is 1.17 bits per heavy atom. The Kier molecular flexibility index (Phi) is 6.96. The molecule has 1 aromatic carbocycles. The first-order valence-corrected chi connectivity index (χ1v) is 11.9. The van der Waals surface area contributed by atoms with E-state index in [1.54, 1.807) is 26.8 Å². The average molecular weight is 494 g/mol. The molecule has 1 fully saturated rings. The summed E-state index contributed by atoms with van der Waals surface area (Å²) in [6, 6.07) is 9.79. The summed E-state index contributed by atoms with van der Waals surface area (Å²) in [5.41, 5.74) is 2.46. The van der Waals surface area contributed by atoms with Crippen LogP contribution in [0.2, 0.25) is 0 Å². The molecule has 0 saturated carbocycles. The zero-order valence-electron chi connectivity index (χ0n) is 21.0. The number of aromatic nitrogens is 3. The normalized spacial score (nSPS) is 16.1. The number of hydrogen-bond acceptors (Lipinski definition) is 6. The lowest BCUT2D eigenvalue weighted by molar-refractivity contribution is -0.122. The molecule has 3 heterocycles. The highest BCUT2D eigenvalue weighted by Crippen LogP contribution is 2.24. The Labute approximate surface area is 209 Å². The van der Waals surface area contributed by atoms with Crippen LogP contribution in [-0.2, 0) is 9.53 Å². The summed E-state index contributed by atoms with van der Waals surface area (Å²) in [6.07, 6.45) is 2.70. The van der Waals surface area contributed by atoms with E-state index < -0.39 is 23.7 Å². The molecular weight excluding hydrogens is 462 g/mol. The molecule has 0 bridgehead atoms. The summed E-state index contributed by atoms with van der Waals surface area (Å²) in [4.78, 5) is 49.3. The van der Waals surface area contributed by atoms with E-state index in [0.717, 1.165) is 11.3 Å². The molecule has 10 heteroatoms. The number of fused-ring (bicyclic) bond motifs is 1. The lowest BCUT2D eigenvalue weighted by atomic mass is 9.93. The fourth-order valence-electron chi connectivity index (χ4n) is 4.20. The zero-order valence-corrected chi connectivity index (χ0v) is 21.0. The van der Waals surface area contributed by atoms with Crippen LogP contribution in [0.5, 0.6) is 0 Å². The van der Waals surface area contributed by atoms with Crippen LogP contribution in [-0.4, -0.2) is 67.7 Å². The molecule has 1 atom stereocenters. The maximum absolute atomic E-state index is 13.2. The van der Waals surface area contributed by atoms with Gasteiger partial charge >= 0.3 is 12.2 Å². The fraction of sp³-hybridized carbons (Fsp3) is 0.423. The van der Waals surface area contributed by atoms with Gasteiger partial charge in [0.1, 0.15) is 11.1 Å². The van der Waals surface area contributed by atoms with Gasteiger partial charge in [-0.15, -0.1) is 0 Å². The molecule has 1 aliphatic rings. The summed E-state index contributed by atoms with van der Waals surface area (Å²) in [7, 11) is 0. The van der Waals surface area contributed by atoms with Gasteiger partial charge in [0, 0.05) is 30.9 Å². The van der Waals surface area contributed by atoms with Crippen LogP contribution >= 0.6 is 0 Å². The van der Waals surface area contributed by atoms with Crippen LogP contribution in [0.3, 0.4) is 0 Å². The second-order valence-electron chi connectivity index (χ2n) is 10.1. The number of carbonyl (C=O) groups is 3. The number of carbonyl (C=O) groups excluding carboxylic acids is 2. The summed E-state index contributed by atoms with van der Waals surface area (Å²) >= 11 is 0. The number of piperidine rings is 1. The smallest absolute Gasteiger partial charge is 0.416 e. The molecule has 4 rings (SSSR count). The topological polar surface area (TPSA) is 118 Å². The first kappa shape index (κ1) is 25.2. The third-order valence-corrected chi connectivity index (χ3v) is 6.04. The van der Waals surface area contributed by atoms with Crippen LogP contribution < -0.4 is 4.90 Å². The van der Waals surface area contributed by atoms with Gasteiger partial charge in [-0.25, -0.2) is 19.6 Å². The van der Waals surface area contributed by atoms with Gasteiger partial charge in [0.05, 0.1) is 12.7 Å². The van der Waals surface area contributed by atoms with Crippen LogP contribution in [0.4, 0.5) is 15.4 Å². The number of likely N-dealkylation sites (tertiary alicyclic amines) is 1. The van der Waals surface area contributed by atoms with Crippen molar-refractivity contribution in [2.75, 3.05) is 24.5 Å². The number of anilines is 1. The van der Waals surface area contributed by atoms with Crippen LogP contribution in [0.15, 0.2) is 42.7 Å². The lowest BCUT2D eigenvalue weighted by Crippen LogP contribution is -2.46. The lowest BCUT2D eigenvalue weighted by Gasteiger charge is -2.31. The number of amides is 2. The first-order chi connectivity index (χ1) is 17.0. The van der Waals surface area contributed by atoms with Gasteiger partial charge in [-0.05, 0) is 58.7 Å². The highest BCUT2D eigenvalue weighted by Gasteiger charge is 2.33. The van der Waals surface area contributed by atoms with Crippen molar-refractivity contribution in [1.82, 2.24) is 19.4 Å². The van der Waals surface area contributed by atoms with E-state index in [1.807, 2.05) is 42.0 Å². The van der Waals surface area contributed by atoms with E-state index in [9.17, 15) is 19.5 Å². The average Bonchev–Trinajstić information content (AvgIpc) is 3.25. The number of hydrogen-bond donors (Lipinski definition) is 1. The third kappa shape index (κ3) is 5.64. The largest absolute Gasteiger partial charge is 0.465 e. The number of rotatable bonds is 5. The van der Waals surface area contributed by atoms with Gasteiger partial charge in [0.2, 0.25) is 0 Å². The molecule has 1 aliphatic heterocycles. The van der Waals surface area contributed by atoms with Gasteiger partial charge in [-0.2, -0.15) is 0 Å². The van der Waals surface area contributed by atoms with Crippen LogP contribution in [0, 0.1) is 12.8 Å². The summed E-state index contributed by atoms with van der Waals surface area (Å²) in [5.74, 6) is -0.553. The molecule has 1 saturated heterocycles. The van der Waals surface area contributed by atoms with E-state index in [0.29, 0.717) is 30.6 Å². The molecule has 0 radical (unpaired) electrons. The van der Waals surface area contributed by atoms with Gasteiger partial charge in [-0.3, -0.25) is 14.3 Å². The Hall–Kier alpha value is -3.95. The minimum atomic E-state index is -1.05. The third-order valence-electron chi connectivity index (χ3n) is 6.04. The van der Waals surface area contributed by atoms with Crippen molar-refractivity contribution >= 4 is 35.0 Å². The van der Waals surface area contributed by atoms with E-state index in [1.165, 1.54) is 16.0 Å². The maximum atomic E-state index is 13.2. The van der Waals surface area contributed by atoms with Gasteiger partial charge < -0.3 is 14.7 Å². The number of benzene rings is 1. The molecule has 0 spiro atoms. The number of Topliss-reactive ketones (excluding diaryl/α,β-unsaturated/α-hetero) is 1. The monoisotopic (exact) mass is 493 g/mol. The number of ketones is 1. The quantitative estimate of drug-likeness (QED) is 0.559. The Morgan fingerprint density at radius 3 is 2.56 bits per heavy atom. The van der Waals surface area contributed by atoms with E-state index in [2.05, 4.69) is 9.97 Å². The van der Waals surface area contributed by atoms with E-state index in [-0.39, 0.29) is 24.7 Å². The molecule has 0 aliphatic carbocycles. The highest BCUT2D eigenvalue weighted by molar-refractivity contribution is 5.96. The summed E-state index contributed by atoms with van der Waals surface area (Å²) < 4.78 is 7.46. The second-order valence-corrected chi connectivity index (χ2v) is 10.1. The predicted octanol–water partition coefficient (Wildman–Crippen LogP) is 4.43. The van der Waals surface area contributed by atoms with Crippen molar-refractivity contribution < 1.29 is 24.2 Å². The van der Waals surface area contributed by atoms with Crippen LogP contribution in [0.25, 0.3) is 16.9 Å². The second kappa shape index (κ2) is 9.96. The summed E-state index contributed by atoms with van der Waals surface area (Å²) in [6.45, 7) is 7.47. The SMILES string of the molecule is Cc1ccc(-n2ccc3nc(N(CC(=O)[C@@H]4CCCN(C(=O)O)C4)C(=O)OC(C)(C)C)cnc32)cc1. The van der Waals surface area contributed by atoms with E-state index in [4.69, 9.17) is 4.74 Å². The molecule has 2 amide bonds. The Balaban J connectivity index is 1.63. The number of carboxylic acid groups (broad SMARTS) is 1. The standard InChI is InChI=1S/C26H31N5O5/c1-17-7-9-19(10-8-17)30-13-11-20-23(30)27-14-22(28-20)31(25(35)36-26(2,3)4)16-21(32)18-6-5-12-29(15-18)24(33)34/h7-11,13-14,18H,5-6,12,15-16H2,1-4H3,(H,33,34)/t18-/m1/s1. The first-order valence-electron chi connectivity index (χ1n) is 11.9. The van der Waals surface area contributed by atoms with Gasteiger partial charge in [0.15, 0.2) is 17.2 Å². The molecule has 36 heavy (non-hydrogen) atoms. The van der Waals surface area contributed by atoms with Crippen molar-refractivity contribution in [2.24, 2.45) is 5.92 Å². The zero-order chi connectivity index (χ0) is 26.0. The number of ether oxygens (including phenoxy) is 1. The Bertz CT molecular complexity index is 1280. The minimum Gasteiger partial charge on any atom is -0.465 e. The number of nitrogens with zero attached hydrogens (tertiary/aromatic N) is 5. The molecule has 10 nitrogen and oxygen atoms in total. The van der Waals surface area contributed by atoms with Gasteiger partial charge in [-0.1, -0.05) is 17.7 Å². The molecule has 190 valence electrons. The molecule has 0 unspecified atom stereocenters. The van der Waals surface area contributed by atoms with Crippen molar-refractivity contribution in [2.45, 2.75) is 46.1 Å². The van der Waals surface area contributed by atoms with E-state index >= 15 is 0 Å². The molecule has 2 aromatic heterocycles. The van der Waals surface area contributed by atoms with Gasteiger partial charge in [0.25, 0.3) is 0 Å². The van der Waals surface area contributed by atoms with Crippen molar-refractivity contribution in [3.63, 3.8) is 0 Å². The molecule has 3 aromatic rings. The van der Waals surface area contributed by atoms with Crippen molar-refractivity contribution in [3.05, 3.63) is 48.3 Å². The summed E-state index contributed by atoms with van der Waals surface area (Å²) in [5, 5.41) is 9.32. The fourth-order valence-corrected chi connectivity index (χ4v) is 4.20.